The predicted molar refractivity (Wildman–Crippen MR) is 171 cm³/mol. The van der Waals surface area contributed by atoms with Crippen molar-refractivity contribution in [3.8, 4) is 5.75 Å². The number of likely N-dealkylation sites (tertiary alicyclic amines) is 1. The molecule has 2 aromatic rings. The van der Waals surface area contributed by atoms with Crippen LogP contribution in [0.5, 0.6) is 5.75 Å². The maximum Gasteiger partial charge on any atom is 0.249 e. The Bertz CT molecular complexity index is 1480. The molecule has 6 rings (SSSR count). The summed E-state index contributed by atoms with van der Waals surface area (Å²) in [5, 5.41) is 10.7. The van der Waals surface area contributed by atoms with Crippen molar-refractivity contribution in [1.29, 1.82) is 0 Å². The lowest BCUT2D eigenvalue weighted by Crippen LogP contribution is -2.59. The van der Waals surface area contributed by atoms with E-state index in [1.807, 2.05) is 92.7 Å². The zero-order valence-electron chi connectivity index (χ0n) is 26.3. The molecule has 3 amide bonds. The van der Waals surface area contributed by atoms with Gasteiger partial charge in [0.2, 0.25) is 17.7 Å². The molecule has 0 bridgehead atoms. The summed E-state index contributed by atoms with van der Waals surface area (Å²) in [7, 11) is 0. The van der Waals surface area contributed by atoms with E-state index in [-0.39, 0.29) is 24.3 Å². The molecule has 238 valence electrons. The number of carbonyl (C=O) groups is 3. The van der Waals surface area contributed by atoms with Crippen molar-refractivity contribution in [1.82, 2.24) is 9.80 Å². The van der Waals surface area contributed by atoms with Gasteiger partial charge in [0, 0.05) is 25.3 Å². The minimum absolute atomic E-state index is 0.212. The number of amides is 3. The fraction of sp³-hybridized carbons (Fsp3) is 0.472. The second-order valence-corrected chi connectivity index (χ2v) is 12.6. The molecule has 1 N–H and O–H groups in total. The van der Waals surface area contributed by atoms with E-state index in [4.69, 9.17) is 9.47 Å². The monoisotopic (exact) mass is 613 g/mol. The van der Waals surface area contributed by atoms with Crippen LogP contribution in [0.1, 0.15) is 39.2 Å². The number of aliphatic hydroxyl groups is 1. The average molecular weight is 614 g/mol. The SMILES string of the molecule is CCCCN1CC=C[C@]23O[C@]4(C)C=CCN(c5ccc(OCC)cc5)C(=O)[C@@H]4[C@H]2C(=O)N([C@@H](CO)Cc2ccccc2)C3C1=O. The van der Waals surface area contributed by atoms with E-state index in [0.717, 1.165) is 18.4 Å². The van der Waals surface area contributed by atoms with Crippen LogP contribution in [0.2, 0.25) is 0 Å². The summed E-state index contributed by atoms with van der Waals surface area (Å²) in [5.74, 6) is -1.92. The molecule has 4 heterocycles. The molecule has 0 radical (unpaired) electrons. The number of aliphatic hydroxyl groups excluding tert-OH is 1. The van der Waals surface area contributed by atoms with Gasteiger partial charge in [0.15, 0.2) is 0 Å². The van der Waals surface area contributed by atoms with Crippen LogP contribution in [0.4, 0.5) is 5.69 Å². The Kier molecular flexibility index (Phi) is 8.59. The van der Waals surface area contributed by atoms with Gasteiger partial charge in [0.05, 0.1) is 36.7 Å². The summed E-state index contributed by atoms with van der Waals surface area (Å²) >= 11 is 0. The number of hydrogen-bond donors (Lipinski definition) is 1. The molecule has 2 fully saturated rings. The first kappa shape index (κ1) is 31.0. The predicted octanol–water partition coefficient (Wildman–Crippen LogP) is 3.76. The fourth-order valence-electron chi connectivity index (χ4n) is 7.71. The molecule has 6 atom stereocenters. The quantitative estimate of drug-likeness (QED) is 0.410. The Hall–Kier alpha value is -3.95. The van der Waals surface area contributed by atoms with Crippen molar-refractivity contribution in [2.75, 3.05) is 37.7 Å². The lowest BCUT2D eigenvalue weighted by Gasteiger charge is -2.40. The summed E-state index contributed by atoms with van der Waals surface area (Å²) in [6.45, 7) is 7.29. The zero-order chi connectivity index (χ0) is 31.8. The second-order valence-electron chi connectivity index (χ2n) is 12.6. The highest BCUT2D eigenvalue weighted by Gasteiger charge is 2.75. The van der Waals surface area contributed by atoms with Crippen molar-refractivity contribution >= 4 is 23.4 Å². The highest BCUT2D eigenvalue weighted by Crippen LogP contribution is 2.58. The van der Waals surface area contributed by atoms with Crippen LogP contribution in [-0.2, 0) is 25.5 Å². The third kappa shape index (κ3) is 5.25. The van der Waals surface area contributed by atoms with Crippen LogP contribution < -0.4 is 9.64 Å². The first-order valence-corrected chi connectivity index (χ1v) is 16.1. The van der Waals surface area contributed by atoms with Crippen LogP contribution >= 0.6 is 0 Å². The van der Waals surface area contributed by atoms with Gasteiger partial charge in [-0.3, -0.25) is 14.4 Å². The molecule has 4 aliphatic heterocycles. The lowest BCUT2D eigenvalue weighted by molar-refractivity contribution is -0.154. The molecule has 9 heteroatoms. The lowest BCUT2D eigenvalue weighted by atomic mass is 9.74. The first-order valence-electron chi connectivity index (χ1n) is 16.1. The van der Waals surface area contributed by atoms with E-state index < -0.39 is 35.1 Å². The Labute approximate surface area is 265 Å². The van der Waals surface area contributed by atoms with Gasteiger partial charge < -0.3 is 29.3 Å². The van der Waals surface area contributed by atoms with Crippen LogP contribution in [0.3, 0.4) is 0 Å². The van der Waals surface area contributed by atoms with Gasteiger partial charge in [-0.25, -0.2) is 0 Å². The highest BCUT2D eigenvalue weighted by molar-refractivity contribution is 6.04. The summed E-state index contributed by atoms with van der Waals surface area (Å²) < 4.78 is 12.6. The Morgan fingerprint density at radius 1 is 0.933 bits per heavy atom. The smallest absolute Gasteiger partial charge is 0.249 e. The van der Waals surface area contributed by atoms with Crippen molar-refractivity contribution < 1.29 is 29.0 Å². The number of benzene rings is 2. The summed E-state index contributed by atoms with van der Waals surface area (Å²) in [5.41, 5.74) is -0.872. The van der Waals surface area contributed by atoms with Gasteiger partial charge in [-0.2, -0.15) is 0 Å². The van der Waals surface area contributed by atoms with E-state index in [9.17, 15) is 19.5 Å². The number of hydrogen-bond acceptors (Lipinski definition) is 6. The third-order valence-electron chi connectivity index (χ3n) is 9.74. The largest absolute Gasteiger partial charge is 0.494 e. The van der Waals surface area contributed by atoms with Crippen molar-refractivity contribution in [3.05, 3.63) is 84.5 Å². The summed E-state index contributed by atoms with van der Waals surface area (Å²) in [4.78, 5) is 49.0. The number of nitrogens with zero attached hydrogens (tertiary/aromatic N) is 3. The van der Waals surface area contributed by atoms with Gasteiger partial charge in [-0.15, -0.1) is 0 Å². The molecule has 2 saturated heterocycles. The van der Waals surface area contributed by atoms with E-state index in [2.05, 4.69) is 6.92 Å². The van der Waals surface area contributed by atoms with Crippen LogP contribution in [0.15, 0.2) is 78.9 Å². The average Bonchev–Trinajstić information content (AvgIpc) is 3.32. The molecule has 1 unspecified atom stereocenters. The molecular weight excluding hydrogens is 570 g/mol. The van der Waals surface area contributed by atoms with E-state index >= 15 is 0 Å². The minimum atomic E-state index is -1.37. The van der Waals surface area contributed by atoms with E-state index in [1.165, 1.54) is 0 Å². The topological polar surface area (TPSA) is 99.6 Å². The minimum Gasteiger partial charge on any atom is -0.494 e. The molecule has 9 nitrogen and oxygen atoms in total. The molecule has 45 heavy (non-hydrogen) atoms. The number of fused-ring (bicyclic) bond motifs is 2. The van der Waals surface area contributed by atoms with Crippen molar-refractivity contribution in [2.45, 2.75) is 63.3 Å². The van der Waals surface area contributed by atoms with Crippen LogP contribution in [0.25, 0.3) is 0 Å². The normalized spacial score (nSPS) is 29.7. The standard InChI is InChI=1S/C36H43N3O6/c1-4-6-20-37-21-11-19-36-30(33(42)39(31(36)34(37)43)27(24-40)23-25-12-8-7-9-13-25)29-32(41)38(22-10-18-35(29,3)45-36)26-14-16-28(17-15-26)44-5-2/h7-19,27,29-31,40H,4-6,20-24H2,1-3H3/t27-,29+,30+,31?,35-,36+/m1/s1. The number of anilines is 1. The van der Waals surface area contributed by atoms with Gasteiger partial charge in [0.1, 0.15) is 17.4 Å². The Morgan fingerprint density at radius 3 is 2.36 bits per heavy atom. The van der Waals surface area contributed by atoms with Crippen LogP contribution in [0, 0.1) is 11.8 Å². The number of unbranched alkanes of at least 4 members (excludes halogenated alkanes) is 1. The molecular formula is C36H43N3O6. The maximum atomic E-state index is 14.9. The molecule has 2 aromatic carbocycles. The highest BCUT2D eigenvalue weighted by atomic mass is 16.5. The number of carbonyl (C=O) groups excluding carboxylic acids is 3. The molecule has 0 aliphatic carbocycles. The van der Waals surface area contributed by atoms with Crippen LogP contribution in [-0.4, -0.2) is 88.8 Å². The Morgan fingerprint density at radius 2 is 1.67 bits per heavy atom. The molecule has 4 aliphatic rings. The second kappa shape index (κ2) is 12.4. The third-order valence-corrected chi connectivity index (χ3v) is 9.74. The van der Waals surface area contributed by atoms with Gasteiger partial charge in [-0.1, -0.05) is 68.0 Å². The van der Waals surface area contributed by atoms with Crippen molar-refractivity contribution in [3.63, 3.8) is 0 Å². The Balaban J connectivity index is 1.44. The number of ether oxygens (including phenoxy) is 2. The molecule has 1 spiro atoms. The summed E-state index contributed by atoms with van der Waals surface area (Å²) in [6.07, 6.45) is 9.67. The van der Waals surface area contributed by atoms with E-state index in [0.29, 0.717) is 44.1 Å². The zero-order valence-corrected chi connectivity index (χ0v) is 26.3. The van der Waals surface area contributed by atoms with Gasteiger partial charge >= 0.3 is 0 Å². The number of rotatable bonds is 10. The van der Waals surface area contributed by atoms with Gasteiger partial charge in [-0.05, 0) is 56.5 Å². The molecule has 0 aromatic heterocycles. The maximum absolute atomic E-state index is 14.9. The van der Waals surface area contributed by atoms with Crippen molar-refractivity contribution in [2.24, 2.45) is 11.8 Å². The summed E-state index contributed by atoms with van der Waals surface area (Å²) in [6, 6.07) is 15.3. The van der Waals surface area contributed by atoms with Gasteiger partial charge in [0.25, 0.3) is 0 Å². The molecule has 0 saturated carbocycles. The van der Waals surface area contributed by atoms with E-state index in [1.54, 1.807) is 14.7 Å². The fourth-order valence-corrected chi connectivity index (χ4v) is 7.71. The first-order chi connectivity index (χ1) is 21.8.